The predicted octanol–water partition coefficient (Wildman–Crippen LogP) is 6.30. The molecule has 1 heterocycles. The van der Waals surface area contributed by atoms with Crippen molar-refractivity contribution in [2.75, 3.05) is 12.4 Å². The minimum atomic E-state index is -0.670. The summed E-state index contributed by atoms with van der Waals surface area (Å²) in [7, 11) is 1.58. The van der Waals surface area contributed by atoms with Crippen LogP contribution in [-0.2, 0) is 11.3 Å². The lowest BCUT2D eigenvalue weighted by molar-refractivity contribution is -0.112. The van der Waals surface area contributed by atoms with Crippen LogP contribution in [0.25, 0.3) is 10.9 Å². The Morgan fingerprint density at radius 1 is 1.00 bits per heavy atom. The minimum absolute atomic E-state index is 0.000768. The molecule has 4 rings (SSSR count). The first-order valence-electron chi connectivity index (χ1n) is 10.7. The zero-order valence-corrected chi connectivity index (χ0v) is 19.5. The van der Waals surface area contributed by atoms with Crippen LogP contribution >= 0.6 is 11.6 Å². The van der Waals surface area contributed by atoms with E-state index in [-0.39, 0.29) is 5.92 Å². The Kier molecular flexibility index (Phi) is 6.52. The third kappa shape index (κ3) is 4.64. The lowest BCUT2D eigenvalue weighted by Gasteiger charge is -2.15. The standard InChI is InChI=1S/C27H25ClN2O3/c1-17(2)25-24(26(31)27(32)29-20-7-5-4-6-8-20)22-15-21(33-3)13-14-23(22)30(25)16-18-9-11-19(28)12-10-18/h4-15,17H,16H2,1-3H3,(H,29,32). The van der Waals surface area contributed by atoms with Gasteiger partial charge in [-0.15, -0.1) is 0 Å². The number of rotatable bonds is 7. The predicted molar refractivity (Wildman–Crippen MR) is 133 cm³/mol. The van der Waals surface area contributed by atoms with E-state index in [4.69, 9.17) is 16.3 Å². The topological polar surface area (TPSA) is 60.3 Å². The van der Waals surface area contributed by atoms with Crippen LogP contribution in [0.1, 0.15) is 41.4 Å². The Balaban J connectivity index is 1.86. The van der Waals surface area contributed by atoms with Crippen molar-refractivity contribution in [2.24, 2.45) is 0 Å². The van der Waals surface area contributed by atoms with Gasteiger partial charge in [-0.3, -0.25) is 9.59 Å². The summed E-state index contributed by atoms with van der Waals surface area (Å²) in [6.45, 7) is 4.59. The van der Waals surface area contributed by atoms with E-state index in [9.17, 15) is 9.59 Å². The fraction of sp³-hybridized carbons (Fsp3) is 0.185. The van der Waals surface area contributed by atoms with E-state index in [2.05, 4.69) is 9.88 Å². The maximum Gasteiger partial charge on any atom is 0.296 e. The molecule has 1 amide bonds. The lowest BCUT2D eigenvalue weighted by atomic mass is 9.99. The van der Waals surface area contributed by atoms with E-state index in [0.29, 0.717) is 34.0 Å². The Morgan fingerprint density at radius 3 is 2.33 bits per heavy atom. The number of carbonyl (C=O) groups is 2. The fourth-order valence-electron chi connectivity index (χ4n) is 4.09. The molecule has 4 aromatic rings. The van der Waals surface area contributed by atoms with Crippen molar-refractivity contribution in [1.29, 1.82) is 0 Å². The molecule has 0 aliphatic carbocycles. The molecule has 5 nitrogen and oxygen atoms in total. The molecule has 0 bridgehead atoms. The van der Waals surface area contributed by atoms with Gasteiger partial charge in [-0.05, 0) is 53.9 Å². The van der Waals surface area contributed by atoms with E-state index in [1.807, 2.05) is 74.5 Å². The number of methoxy groups -OCH3 is 1. The molecular weight excluding hydrogens is 436 g/mol. The van der Waals surface area contributed by atoms with Gasteiger partial charge in [0, 0.05) is 33.9 Å². The number of benzene rings is 3. The van der Waals surface area contributed by atoms with Crippen LogP contribution in [0.15, 0.2) is 72.8 Å². The highest BCUT2D eigenvalue weighted by Gasteiger charge is 2.29. The smallest absolute Gasteiger partial charge is 0.296 e. The van der Waals surface area contributed by atoms with Crippen LogP contribution in [0, 0.1) is 0 Å². The molecule has 0 unspecified atom stereocenters. The maximum absolute atomic E-state index is 13.5. The van der Waals surface area contributed by atoms with Gasteiger partial charge in [0.1, 0.15) is 5.75 Å². The highest BCUT2D eigenvalue weighted by molar-refractivity contribution is 6.48. The lowest BCUT2D eigenvalue weighted by Crippen LogP contribution is -2.24. The Morgan fingerprint density at radius 2 is 1.70 bits per heavy atom. The number of aromatic nitrogens is 1. The molecular formula is C27H25ClN2O3. The summed E-state index contributed by atoms with van der Waals surface area (Å²) in [6.07, 6.45) is 0. The number of amides is 1. The molecule has 1 aromatic heterocycles. The molecule has 0 fully saturated rings. The van der Waals surface area contributed by atoms with E-state index in [1.165, 1.54) is 0 Å². The minimum Gasteiger partial charge on any atom is -0.497 e. The number of anilines is 1. The van der Waals surface area contributed by atoms with Gasteiger partial charge in [-0.1, -0.05) is 55.8 Å². The molecule has 0 radical (unpaired) electrons. The van der Waals surface area contributed by atoms with Gasteiger partial charge in [-0.2, -0.15) is 0 Å². The van der Waals surface area contributed by atoms with Crippen LogP contribution in [0.5, 0.6) is 5.75 Å². The van der Waals surface area contributed by atoms with Gasteiger partial charge in [0.15, 0.2) is 0 Å². The molecule has 0 aliphatic rings. The molecule has 0 saturated heterocycles. The van der Waals surface area contributed by atoms with E-state index in [1.54, 1.807) is 19.2 Å². The molecule has 3 aromatic carbocycles. The maximum atomic E-state index is 13.5. The first kappa shape index (κ1) is 22.6. The van der Waals surface area contributed by atoms with Gasteiger partial charge in [-0.25, -0.2) is 0 Å². The summed E-state index contributed by atoms with van der Waals surface area (Å²) < 4.78 is 7.52. The quantitative estimate of drug-likeness (QED) is 0.260. The number of fused-ring (bicyclic) bond motifs is 1. The number of nitrogens with one attached hydrogen (secondary N) is 1. The average Bonchev–Trinajstić information content (AvgIpc) is 3.14. The van der Waals surface area contributed by atoms with Crippen LogP contribution in [0.3, 0.4) is 0 Å². The average molecular weight is 461 g/mol. The molecule has 168 valence electrons. The van der Waals surface area contributed by atoms with Gasteiger partial charge in [0.25, 0.3) is 11.7 Å². The van der Waals surface area contributed by atoms with Crippen molar-refractivity contribution >= 4 is 39.9 Å². The molecule has 33 heavy (non-hydrogen) atoms. The number of hydrogen-bond acceptors (Lipinski definition) is 3. The number of nitrogens with zero attached hydrogens (tertiary/aromatic N) is 1. The van der Waals surface area contributed by atoms with Gasteiger partial charge in [0.05, 0.1) is 12.7 Å². The van der Waals surface area contributed by atoms with E-state index in [0.717, 1.165) is 16.8 Å². The normalized spacial score (nSPS) is 11.1. The van der Waals surface area contributed by atoms with Gasteiger partial charge < -0.3 is 14.6 Å². The van der Waals surface area contributed by atoms with E-state index < -0.39 is 11.7 Å². The van der Waals surface area contributed by atoms with Gasteiger partial charge >= 0.3 is 0 Å². The van der Waals surface area contributed by atoms with Crippen molar-refractivity contribution in [3.8, 4) is 5.75 Å². The number of halogens is 1. The van der Waals surface area contributed by atoms with Crippen LogP contribution in [0.4, 0.5) is 5.69 Å². The van der Waals surface area contributed by atoms with Gasteiger partial charge in [0.2, 0.25) is 0 Å². The van der Waals surface area contributed by atoms with Crippen molar-refractivity contribution in [1.82, 2.24) is 4.57 Å². The first-order valence-corrected chi connectivity index (χ1v) is 11.1. The molecule has 0 spiro atoms. The highest BCUT2D eigenvalue weighted by atomic mass is 35.5. The van der Waals surface area contributed by atoms with Crippen molar-refractivity contribution in [3.05, 3.63) is 94.6 Å². The SMILES string of the molecule is COc1ccc2c(c1)c(C(=O)C(=O)Nc1ccccc1)c(C(C)C)n2Cc1ccc(Cl)cc1. The van der Waals surface area contributed by atoms with Crippen molar-refractivity contribution < 1.29 is 14.3 Å². The van der Waals surface area contributed by atoms with Crippen molar-refractivity contribution in [2.45, 2.75) is 26.3 Å². The Bertz CT molecular complexity index is 1310. The summed E-state index contributed by atoms with van der Waals surface area (Å²) in [5, 5.41) is 4.08. The molecule has 1 N–H and O–H groups in total. The molecule has 0 aliphatic heterocycles. The molecule has 6 heteroatoms. The van der Waals surface area contributed by atoms with Crippen LogP contribution < -0.4 is 10.1 Å². The second-order valence-corrected chi connectivity index (χ2v) is 8.60. The van der Waals surface area contributed by atoms with Crippen LogP contribution in [0.2, 0.25) is 5.02 Å². The summed E-state index contributed by atoms with van der Waals surface area (Å²) in [6, 6.07) is 22.2. The number of ether oxygens (including phenoxy) is 1. The van der Waals surface area contributed by atoms with Crippen LogP contribution in [-0.4, -0.2) is 23.4 Å². The summed E-state index contributed by atoms with van der Waals surface area (Å²) in [5.41, 5.74) is 3.69. The summed E-state index contributed by atoms with van der Waals surface area (Å²) in [5.74, 6) is -0.620. The zero-order chi connectivity index (χ0) is 23.5. The first-order chi connectivity index (χ1) is 15.9. The largest absolute Gasteiger partial charge is 0.497 e. The van der Waals surface area contributed by atoms with E-state index >= 15 is 0 Å². The number of ketones is 1. The summed E-state index contributed by atoms with van der Waals surface area (Å²) >= 11 is 6.06. The molecule has 0 atom stereocenters. The number of para-hydroxylation sites is 1. The third-order valence-electron chi connectivity index (χ3n) is 5.58. The Labute approximate surface area is 197 Å². The number of Topliss-reactive ketones (excluding diaryl/α,β-unsaturated/α-hetero) is 1. The number of carbonyl (C=O) groups excluding carboxylic acids is 2. The number of hydrogen-bond donors (Lipinski definition) is 1. The monoisotopic (exact) mass is 460 g/mol. The third-order valence-corrected chi connectivity index (χ3v) is 5.83. The Hall–Kier alpha value is -3.57. The second-order valence-electron chi connectivity index (χ2n) is 8.16. The zero-order valence-electron chi connectivity index (χ0n) is 18.8. The molecule has 0 saturated carbocycles. The summed E-state index contributed by atoms with van der Waals surface area (Å²) in [4.78, 5) is 26.5. The fourth-order valence-corrected chi connectivity index (χ4v) is 4.21. The highest BCUT2D eigenvalue weighted by Crippen LogP contribution is 2.35. The van der Waals surface area contributed by atoms with Crippen molar-refractivity contribution in [3.63, 3.8) is 0 Å². The second kappa shape index (κ2) is 9.51.